The van der Waals surface area contributed by atoms with Crippen molar-refractivity contribution in [3.8, 4) is 11.5 Å². The fraction of sp³-hybridized carbons (Fsp3) is 0.800. The third-order valence-corrected chi connectivity index (χ3v) is 6.52. The van der Waals surface area contributed by atoms with Crippen LogP contribution >= 0.6 is 0 Å². The lowest BCUT2D eigenvalue weighted by molar-refractivity contribution is 0.285. The topological polar surface area (TPSA) is 30.5 Å². The molecule has 0 amide bonds. The van der Waals surface area contributed by atoms with E-state index >= 15 is 0 Å². The van der Waals surface area contributed by atoms with Crippen molar-refractivity contribution < 1.29 is 9.47 Å². The first-order valence-electron chi connectivity index (χ1n) is 14.3. The van der Waals surface area contributed by atoms with Gasteiger partial charge in [0, 0.05) is 6.54 Å². The lowest BCUT2D eigenvalue weighted by Gasteiger charge is -2.12. The summed E-state index contributed by atoms with van der Waals surface area (Å²) >= 11 is 0. The van der Waals surface area contributed by atoms with Crippen LogP contribution in [0, 0.1) is 0 Å². The molecule has 0 aliphatic carbocycles. The Morgan fingerprint density at radius 1 is 0.606 bits per heavy atom. The summed E-state index contributed by atoms with van der Waals surface area (Å²) in [6, 6.07) is 6.32. The molecule has 0 saturated heterocycles. The summed E-state index contributed by atoms with van der Waals surface area (Å²) in [7, 11) is 1.73. The van der Waals surface area contributed by atoms with Crippen LogP contribution < -0.4 is 14.8 Å². The van der Waals surface area contributed by atoms with Gasteiger partial charge >= 0.3 is 0 Å². The minimum atomic E-state index is 0.771. The van der Waals surface area contributed by atoms with Gasteiger partial charge < -0.3 is 14.8 Å². The lowest BCUT2D eigenvalue weighted by Crippen LogP contribution is -2.14. The highest BCUT2D eigenvalue weighted by molar-refractivity contribution is 5.42. The molecule has 33 heavy (non-hydrogen) atoms. The Bertz CT molecular complexity index is 546. The van der Waals surface area contributed by atoms with E-state index < -0.39 is 0 Å². The highest BCUT2D eigenvalue weighted by atomic mass is 16.5. The van der Waals surface area contributed by atoms with Gasteiger partial charge in [0.2, 0.25) is 0 Å². The second kappa shape index (κ2) is 22.6. The molecule has 0 aliphatic heterocycles. The van der Waals surface area contributed by atoms with Gasteiger partial charge in [0.15, 0.2) is 11.5 Å². The van der Waals surface area contributed by atoms with E-state index in [-0.39, 0.29) is 0 Å². The van der Waals surface area contributed by atoms with Crippen molar-refractivity contribution in [1.82, 2.24) is 5.32 Å². The number of ether oxygens (including phenoxy) is 2. The first kappa shape index (κ1) is 29.8. The fourth-order valence-corrected chi connectivity index (χ4v) is 4.33. The minimum Gasteiger partial charge on any atom is -0.493 e. The quantitative estimate of drug-likeness (QED) is 0.156. The third kappa shape index (κ3) is 17.0. The molecule has 1 rings (SSSR count). The van der Waals surface area contributed by atoms with Gasteiger partial charge in [-0.25, -0.2) is 0 Å². The number of methoxy groups -OCH3 is 1. The van der Waals surface area contributed by atoms with E-state index in [1.54, 1.807) is 7.11 Å². The van der Waals surface area contributed by atoms with Crippen molar-refractivity contribution >= 4 is 0 Å². The third-order valence-electron chi connectivity index (χ3n) is 6.52. The number of hydrogen-bond acceptors (Lipinski definition) is 3. The molecule has 3 nitrogen and oxygen atoms in total. The van der Waals surface area contributed by atoms with Crippen LogP contribution in [0.3, 0.4) is 0 Å². The Morgan fingerprint density at radius 3 is 1.67 bits per heavy atom. The smallest absolute Gasteiger partial charge is 0.161 e. The van der Waals surface area contributed by atoms with E-state index in [4.69, 9.17) is 9.47 Å². The van der Waals surface area contributed by atoms with Gasteiger partial charge in [0.25, 0.3) is 0 Å². The zero-order valence-corrected chi connectivity index (χ0v) is 22.4. The van der Waals surface area contributed by atoms with Crippen molar-refractivity contribution in [2.24, 2.45) is 0 Å². The fourth-order valence-electron chi connectivity index (χ4n) is 4.33. The normalized spacial score (nSPS) is 11.1. The van der Waals surface area contributed by atoms with Crippen molar-refractivity contribution in [3.05, 3.63) is 23.8 Å². The minimum absolute atomic E-state index is 0.771. The average Bonchev–Trinajstić information content (AvgIpc) is 2.84. The number of hydrogen-bond donors (Lipinski definition) is 1. The molecule has 0 bridgehead atoms. The van der Waals surface area contributed by atoms with Crippen LogP contribution in [0.15, 0.2) is 18.2 Å². The van der Waals surface area contributed by atoms with Gasteiger partial charge in [0.05, 0.1) is 13.7 Å². The van der Waals surface area contributed by atoms with E-state index in [2.05, 4.69) is 37.4 Å². The Balaban J connectivity index is 1.97. The lowest BCUT2D eigenvalue weighted by atomic mass is 10.0. The van der Waals surface area contributed by atoms with Crippen LogP contribution in [0.4, 0.5) is 0 Å². The molecule has 1 N–H and O–H groups in total. The van der Waals surface area contributed by atoms with Crippen LogP contribution in [0.5, 0.6) is 11.5 Å². The average molecular weight is 462 g/mol. The first-order chi connectivity index (χ1) is 16.3. The SMILES string of the molecule is CCCCCCCCCCCCCCCCNCc1ccc(OCCCCCC)c(OC)c1. The van der Waals surface area contributed by atoms with E-state index in [9.17, 15) is 0 Å². The van der Waals surface area contributed by atoms with Crippen molar-refractivity contribution in [2.75, 3.05) is 20.3 Å². The van der Waals surface area contributed by atoms with Crippen LogP contribution in [-0.2, 0) is 6.54 Å². The van der Waals surface area contributed by atoms with Gasteiger partial charge in [-0.1, -0.05) is 123 Å². The molecule has 0 aromatic heterocycles. The molecular formula is C30H55NO2. The molecule has 0 radical (unpaired) electrons. The molecule has 1 aromatic rings. The molecular weight excluding hydrogens is 406 g/mol. The van der Waals surface area contributed by atoms with Crippen LogP contribution in [-0.4, -0.2) is 20.3 Å². The van der Waals surface area contributed by atoms with Crippen LogP contribution in [0.1, 0.15) is 135 Å². The second-order valence-corrected chi connectivity index (χ2v) is 9.67. The molecule has 0 atom stereocenters. The van der Waals surface area contributed by atoms with Gasteiger partial charge in [-0.05, 0) is 37.1 Å². The monoisotopic (exact) mass is 461 g/mol. The summed E-state index contributed by atoms with van der Waals surface area (Å²) in [5.74, 6) is 1.71. The standard InChI is InChI=1S/C30H55NO2/c1-4-6-8-10-11-12-13-14-15-16-17-18-19-20-24-31-27-28-22-23-29(30(26-28)32-3)33-25-21-9-7-5-2/h22-23,26,31H,4-21,24-25,27H2,1-3H3. The summed E-state index contributed by atoms with van der Waals surface area (Å²) in [4.78, 5) is 0. The molecule has 0 fully saturated rings. The number of rotatable bonds is 24. The Labute approximate surface area is 206 Å². The maximum absolute atomic E-state index is 5.92. The zero-order valence-electron chi connectivity index (χ0n) is 22.4. The maximum atomic E-state index is 5.92. The van der Waals surface area contributed by atoms with Crippen molar-refractivity contribution in [1.29, 1.82) is 0 Å². The van der Waals surface area contributed by atoms with E-state index in [1.807, 2.05) is 0 Å². The van der Waals surface area contributed by atoms with Gasteiger partial charge in [-0.3, -0.25) is 0 Å². The van der Waals surface area contributed by atoms with Gasteiger partial charge in [-0.2, -0.15) is 0 Å². The molecule has 3 heteroatoms. The van der Waals surface area contributed by atoms with Crippen LogP contribution in [0.2, 0.25) is 0 Å². The van der Waals surface area contributed by atoms with Crippen molar-refractivity contribution in [3.63, 3.8) is 0 Å². The number of nitrogens with one attached hydrogen (secondary N) is 1. The largest absolute Gasteiger partial charge is 0.493 e. The summed E-state index contributed by atoms with van der Waals surface area (Å²) in [6.07, 6.45) is 24.6. The van der Waals surface area contributed by atoms with E-state index in [1.165, 1.54) is 115 Å². The summed E-state index contributed by atoms with van der Waals surface area (Å²) in [6.45, 7) is 7.28. The summed E-state index contributed by atoms with van der Waals surface area (Å²) in [5, 5.41) is 3.59. The predicted molar refractivity (Wildman–Crippen MR) is 145 cm³/mol. The molecule has 0 aliphatic rings. The molecule has 0 spiro atoms. The predicted octanol–water partition coefficient (Wildman–Crippen LogP) is 9.23. The Hall–Kier alpha value is -1.22. The van der Waals surface area contributed by atoms with E-state index in [0.717, 1.165) is 37.6 Å². The summed E-state index contributed by atoms with van der Waals surface area (Å²) in [5.41, 5.74) is 1.26. The second-order valence-electron chi connectivity index (χ2n) is 9.67. The molecule has 192 valence electrons. The molecule has 0 unspecified atom stereocenters. The van der Waals surface area contributed by atoms with E-state index in [0.29, 0.717) is 0 Å². The Morgan fingerprint density at radius 2 is 1.12 bits per heavy atom. The number of unbranched alkanes of at least 4 members (excludes halogenated alkanes) is 16. The summed E-state index contributed by atoms with van der Waals surface area (Å²) < 4.78 is 11.5. The molecule has 1 aromatic carbocycles. The first-order valence-corrected chi connectivity index (χ1v) is 14.3. The van der Waals surface area contributed by atoms with Gasteiger partial charge in [0.1, 0.15) is 0 Å². The van der Waals surface area contributed by atoms with Crippen molar-refractivity contribution in [2.45, 2.75) is 136 Å². The molecule has 0 saturated carbocycles. The highest BCUT2D eigenvalue weighted by Gasteiger charge is 2.06. The molecule has 0 heterocycles. The van der Waals surface area contributed by atoms with Crippen LogP contribution in [0.25, 0.3) is 0 Å². The van der Waals surface area contributed by atoms with Gasteiger partial charge in [-0.15, -0.1) is 0 Å². The highest BCUT2D eigenvalue weighted by Crippen LogP contribution is 2.28. The Kier molecular flexibility index (Phi) is 20.4. The maximum Gasteiger partial charge on any atom is 0.161 e. The number of benzene rings is 1. The zero-order chi connectivity index (χ0) is 23.8.